The van der Waals surface area contributed by atoms with Crippen LogP contribution in [0, 0.1) is 17.3 Å². The number of hydrogen-bond acceptors (Lipinski definition) is 6. The topological polar surface area (TPSA) is 108 Å². The number of amides is 3. The molecule has 3 N–H and O–H groups in total. The summed E-state index contributed by atoms with van der Waals surface area (Å²) in [5.41, 5.74) is 0.170. The second kappa shape index (κ2) is 11.0. The van der Waals surface area contributed by atoms with Gasteiger partial charge in [-0.15, -0.1) is 11.8 Å². The Kier molecular flexibility index (Phi) is 8.35. The van der Waals surface area contributed by atoms with E-state index in [9.17, 15) is 19.5 Å². The molecular weight excluding hydrogens is 514 g/mol. The first-order valence-corrected chi connectivity index (χ1v) is 15.1. The van der Waals surface area contributed by atoms with Crippen LogP contribution in [0.15, 0.2) is 24.3 Å². The number of nitrogens with one attached hydrogen (secondary N) is 2. The number of fused-ring (bicyclic) bond motifs is 1. The molecule has 3 fully saturated rings. The van der Waals surface area contributed by atoms with E-state index in [2.05, 4.69) is 31.4 Å². The summed E-state index contributed by atoms with van der Waals surface area (Å²) in [7, 11) is 0. The third-order valence-electron chi connectivity index (χ3n) is 8.23. The fourth-order valence-electron chi connectivity index (χ4n) is 7.30. The Morgan fingerprint density at radius 3 is 2.38 bits per heavy atom. The van der Waals surface area contributed by atoms with Gasteiger partial charge in [0, 0.05) is 16.5 Å². The van der Waals surface area contributed by atoms with E-state index in [0.29, 0.717) is 25.1 Å². The fourth-order valence-corrected chi connectivity index (χ4v) is 9.50. The molecule has 3 saturated heterocycles. The molecule has 6 atom stereocenters. The van der Waals surface area contributed by atoms with E-state index in [1.54, 1.807) is 28.8 Å². The van der Waals surface area contributed by atoms with Crippen molar-refractivity contribution in [1.29, 1.82) is 0 Å². The number of hydrogen-bond donors (Lipinski definition) is 3. The van der Waals surface area contributed by atoms with Crippen molar-refractivity contribution in [2.75, 3.05) is 18.5 Å². The van der Waals surface area contributed by atoms with Gasteiger partial charge in [-0.1, -0.05) is 27.7 Å². The molecule has 4 rings (SSSR count). The van der Waals surface area contributed by atoms with Crippen molar-refractivity contribution in [3.05, 3.63) is 24.3 Å². The van der Waals surface area contributed by atoms with Crippen LogP contribution < -0.4 is 15.4 Å². The average Bonchev–Trinajstić information content (AvgIpc) is 3.47. The van der Waals surface area contributed by atoms with Crippen LogP contribution in [0.5, 0.6) is 5.75 Å². The molecule has 1 aromatic rings. The van der Waals surface area contributed by atoms with Gasteiger partial charge in [0.25, 0.3) is 0 Å². The third kappa shape index (κ3) is 5.67. The lowest BCUT2D eigenvalue weighted by Crippen LogP contribution is -2.60. The summed E-state index contributed by atoms with van der Waals surface area (Å²) in [4.78, 5) is 43.6. The van der Waals surface area contributed by atoms with Gasteiger partial charge < -0.3 is 25.4 Å². The first-order chi connectivity index (χ1) is 18.3. The van der Waals surface area contributed by atoms with E-state index in [4.69, 9.17) is 4.74 Å². The van der Waals surface area contributed by atoms with Gasteiger partial charge in [-0.3, -0.25) is 14.4 Å². The van der Waals surface area contributed by atoms with Crippen molar-refractivity contribution >= 4 is 35.2 Å². The highest BCUT2D eigenvalue weighted by Gasteiger charge is 2.74. The Labute approximate surface area is 237 Å². The predicted octanol–water partition coefficient (Wildman–Crippen LogP) is 4.22. The summed E-state index contributed by atoms with van der Waals surface area (Å²) in [5, 5.41) is 16.5. The van der Waals surface area contributed by atoms with E-state index < -0.39 is 34.2 Å². The van der Waals surface area contributed by atoms with E-state index in [0.717, 1.165) is 18.6 Å². The first kappa shape index (κ1) is 29.7. The van der Waals surface area contributed by atoms with Crippen LogP contribution in [0.4, 0.5) is 5.69 Å². The highest BCUT2D eigenvalue weighted by atomic mass is 32.2. The minimum Gasteiger partial charge on any atom is -0.494 e. The van der Waals surface area contributed by atoms with Crippen molar-refractivity contribution < 1.29 is 24.2 Å². The van der Waals surface area contributed by atoms with Crippen molar-refractivity contribution in [2.45, 2.75) is 102 Å². The second-order valence-corrected chi connectivity index (χ2v) is 14.7. The van der Waals surface area contributed by atoms with Gasteiger partial charge in [-0.05, 0) is 76.1 Å². The lowest BCUT2D eigenvalue weighted by molar-refractivity contribution is -0.142. The number of likely N-dealkylation sites (tertiary alicyclic amines) is 1. The summed E-state index contributed by atoms with van der Waals surface area (Å²) >= 11 is 1.64. The van der Waals surface area contributed by atoms with Gasteiger partial charge in [-0.2, -0.15) is 0 Å². The maximum atomic E-state index is 14.1. The van der Waals surface area contributed by atoms with Crippen LogP contribution in [0.2, 0.25) is 0 Å². The lowest BCUT2D eigenvalue weighted by Gasteiger charge is -2.40. The highest BCUT2D eigenvalue weighted by molar-refractivity contribution is 8.02. The first-order valence-electron chi connectivity index (χ1n) is 14.2. The molecule has 0 saturated carbocycles. The van der Waals surface area contributed by atoms with E-state index in [1.165, 1.54) is 0 Å². The molecule has 9 heteroatoms. The molecule has 1 aromatic carbocycles. The van der Waals surface area contributed by atoms with Crippen LogP contribution in [0.25, 0.3) is 0 Å². The molecule has 0 radical (unpaired) electrons. The molecule has 3 amide bonds. The molecule has 0 aromatic heterocycles. The zero-order valence-electron chi connectivity index (χ0n) is 24.4. The van der Waals surface area contributed by atoms with Gasteiger partial charge in [0.1, 0.15) is 11.8 Å². The number of aliphatic hydroxyl groups is 1. The Balaban J connectivity index is 1.64. The standard InChI is InChI=1S/C30H45N3O5S/c1-8-19(16-34)33-24(26(36)32-29(6,7)17-28(3,4)5)30-15-14-21(39-30)22(23(30)27(33)37)25(35)31-18-10-12-20(13-11-18)38-9-2/h10-13,19,21-24,34H,8-9,14-17H2,1-7H3,(H,31,35)(H,32,36)/t19-,21-,22+,23-,24?,30?/m0/s1. The van der Waals surface area contributed by atoms with E-state index >= 15 is 0 Å². The number of nitrogens with zero attached hydrogens (tertiary/aromatic N) is 1. The number of carbonyl (C=O) groups excluding carboxylic acids is 3. The number of rotatable bonds is 10. The van der Waals surface area contributed by atoms with Crippen molar-refractivity contribution in [3.63, 3.8) is 0 Å². The van der Waals surface area contributed by atoms with Gasteiger partial charge >= 0.3 is 0 Å². The van der Waals surface area contributed by atoms with Crippen molar-refractivity contribution in [2.24, 2.45) is 17.3 Å². The molecule has 3 heterocycles. The normalized spacial score (nSPS) is 28.8. The van der Waals surface area contributed by atoms with Crippen LogP contribution in [0.3, 0.4) is 0 Å². The van der Waals surface area contributed by atoms with Crippen molar-refractivity contribution in [1.82, 2.24) is 10.2 Å². The summed E-state index contributed by atoms with van der Waals surface area (Å²) < 4.78 is 4.81. The number of benzene rings is 1. The molecule has 3 aliphatic heterocycles. The highest BCUT2D eigenvalue weighted by Crippen LogP contribution is 2.66. The van der Waals surface area contributed by atoms with Gasteiger partial charge in [0.05, 0.1) is 35.8 Å². The molecule has 216 valence electrons. The zero-order chi connectivity index (χ0) is 28.8. The number of carbonyl (C=O) groups is 3. The summed E-state index contributed by atoms with van der Waals surface area (Å²) in [6.45, 7) is 14.6. The Hall–Kier alpha value is -2.26. The average molecular weight is 560 g/mol. The Bertz CT molecular complexity index is 1080. The number of thioether (sulfide) groups is 1. The Morgan fingerprint density at radius 1 is 1.15 bits per heavy atom. The van der Waals surface area contributed by atoms with Crippen molar-refractivity contribution in [3.8, 4) is 5.75 Å². The van der Waals surface area contributed by atoms with E-state index in [-0.39, 0.29) is 35.0 Å². The van der Waals surface area contributed by atoms with Crippen LogP contribution >= 0.6 is 11.8 Å². The fraction of sp³-hybridized carbons (Fsp3) is 0.700. The molecule has 1 spiro atoms. The van der Waals surface area contributed by atoms with Crippen LogP contribution in [-0.2, 0) is 14.4 Å². The SMILES string of the molecule is CCOc1ccc(NC(=O)[C@@H]2[C@@H]3CCC4(S3)C(C(=O)NC(C)(C)CC(C)(C)C)N([C@@H](CC)CO)C(=O)[C@H]24)cc1. The monoisotopic (exact) mass is 559 g/mol. The molecule has 2 bridgehead atoms. The molecule has 39 heavy (non-hydrogen) atoms. The van der Waals surface area contributed by atoms with Gasteiger partial charge in [-0.25, -0.2) is 0 Å². The minimum absolute atomic E-state index is 0.00441. The van der Waals surface area contributed by atoms with Gasteiger partial charge in [0.2, 0.25) is 17.7 Å². The van der Waals surface area contributed by atoms with Crippen LogP contribution in [0.1, 0.15) is 74.1 Å². The maximum absolute atomic E-state index is 14.1. The molecule has 8 nitrogen and oxygen atoms in total. The summed E-state index contributed by atoms with van der Waals surface area (Å²) in [5.74, 6) is -0.987. The molecule has 2 unspecified atom stereocenters. The predicted molar refractivity (Wildman–Crippen MR) is 155 cm³/mol. The largest absolute Gasteiger partial charge is 0.494 e. The lowest BCUT2D eigenvalue weighted by atomic mass is 9.70. The van der Waals surface area contributed by atoms with Crippen LogP contribution in [-0.4, -0.2) is 68.6 Å². The molecule has 3 aliphatic rings. The second-order valence-electron chi connectivity index (χ2n) is 13.1. The molecular formula is C30H45N3O5S. The smallest absolute Gasteiger partial charge is 0.244 e. The maximum Gasteiger partial charge on any atom is 0.244 e. The minimum atomic E-state index is -0.732. The van der Waals surface area contributed by atoms with E-state index in [1.807, 2.05) is 39.8 Å². The summed E-state index contributed by atoms with van der Waals surface area (Å²) in [6.07, 6.45) is 2.76. The van der Waals surface area contributed by atoms with Gasteiger partial charge in [0.15, 0.2) is 0 Å². The number of ether oxygens (including phenoxy) is 1. The zero-order valence-corrected chi connectivity index (χ0v) is 25.2. The number of aliphatic hydroxyl groups excluding tert-OH is 1. The number of anilines is 1. The quantitative estimate of drug-likeness (QED) is 0.396. The third-order valence-corrected chi connectivity index (χ3v) is 10.2. The summed E-state index contributed by atoms with van der Waals surface area (Å²) in [6, 6.07) is 6.01. The Morgan fingerprint density at radius 2 is 1.82 bits per heavy atom. The molecule has 0 aliphatic carbocycles.